The van der Waals surface area contributed by atoms with E-state index >= 15 is 0 Å². The highest BCUT2D eigenvalue weighted by Gasteiger charge is 2.57. The summed E-state index contributed by atoms with van der Waals surface area (Å²) in [6, 6.07) is 3.69. The highest BCUT2D eigenvalue weighted by Crippen LogP contribution is 2.42. The summed E-state index contributed by atoms with van der Waals surface area (Å²) >= 11 is 0. The lowest BCUT2D eigenvalue weighted by Crippen LogP contribution is -2.42. The van der Waals surface area contributed by atoms with Crippen molar-refractivity contribution in [3.8, 4) is 5.75 Å². The van der Waals surface area contributed by atoms with Crippen molar-refractivity contribution >= 4 is 11.9 Å². The maximum atomic E-state index is 12.5. The fourth-order valence-electron chi connectivity index (χ4n) is 4.02. The number of rotatable bonds is 5. The molecular weight excluding hydrogens is 322 g/mol. The first-order valence-corrected chi connectivity index (χ1v) is 8.64. The van der Waals surface area contributed by atoms with E-state index in [9.17, 15) is 14.7 Å². The number of pyridine rings is 1. The van der Waals surface area contributed by atoms with Crippen LogP contribution in [0.4, 0.5) is 0 Å². The van der Waals surface area contributed by atoms with Gasteiger partial charge in [-0.15, -0.1) is 0 Å². The van der Waals surface area contributed by atoms with Crippen molar-refractivity contribution in [3.05, 3.63) is 23.5 Å². The quantitative estimate of drug-likeness (QED) is 0.849. The Kier molecular flexibility index (Phi) is 4.69. The molecule has 3 heterocycles. The fraction of sp³-hybridized carbons (Fsp3) is 0.611. The zero-order valence-electron chi connectivity index (χ0n) is 15.0. The Balaban J connectivity index is 1.65. The molecule has 2 aliphatic rings. The zero-order valence-corrected chi connectivity index (χ0v) is 15.0. The number of nitrogens with zero attached hydrogens (tertiary/aromatic N) is 3. The number of carbonyl (C=O) groups excluding carboxylic acids is 1. The molecule has 1 N–H and O–H groups in total. The summed E-state index contributed by atoms with van der Waals surface area (Å²) in [5.74, 6) is -0.380. The van der Waals surface area contributed by atoms with Gasteiger partial charge in [0.05, 0.1) is 5.69 Å². The van der Waals surface area contributed by atoms with Gasteiger partial charge in [-0.3, -0.25) is 14.6 Å². The van der Waals surface area contributed by atoms with E-state index in [4.69, 9.17) is 4.74 Å². The lowest BCUT2D eigenvalue weighted by molar-refractivity contribution is -0.149. The van der Waals surface area contributed by atoms with Gasteiger partial charge < -0.3 is 19.6 Å². The summed E-state index contributed by atoms with van der Waals surface area (Å²) in [5, 5.41) is 9.69. The van der Waals surface area contributed by atoms with Crippen LogP contribution < -0.4 is 4.74 Å². The van der Waals surface area contributed by atoms with Gasteiger partial charge in [0.15, 0.2) is 6.61 Å². The largest absolute Gasteiger partial charge is 0.482 e. The van der Waals surface area contributed by atoms with E-state index < -0.39 is 11.4 Å². The molecule has 7 nitrogen and oxygen atoms in total. The van der Waals surface area contributed by atoms with Crippen molar-refractivity contribution in [1.82, 2.24) is 14.8 Å². The molecule has 0 unspecified atom stereocenters. The molecule has 1 aromatic rings. The number of likely N-dealkylation sites (tertiary alicyclic amines) is 2. The normalized spacial score (nSPS) is 25.9. The molecule has 0 radical (unpaired) electrons. The van der Waals surface area contributed by atoms with Gasteiger partial charge in [0.1, 0.15) is 11.2 Å². The van der Waals surface area contributed by atoms with E-state index in [-0.39, 0.29) is 25.0 Å². The number of aryl methyl sites for hydroxylation is 2. The van der Waals surface area contributed by atoms with Gasteiger partial charge in [-0.1, -0.05) is 6.92 Å². The number of hydrogen-bond donors (Lipinski definition) is 1. The van der Waals surface area contributed by atoms with Crippen molar-refractivity contribution in [2.24, 2.45) is 11.3 Å². The predicted molar refractivity (Wildman–Crippen MR) is 91.5 cm³/mol. The number of ether oxygens (including phenoxy) is 1. The molecule has 0 saturated carbocycles. The molecule has 0 spiro atoms. The van der Waals surface area contributed by atoms with Gasteiger partial charge in [0.25, 0.3) is 5.91 Å². The third kappa shape index (κ3) is 3.20. The Morgan fingerprint density at radius 2 is 2.12 bits per heavy atom. The van der Waals surface area contributed by atoms with Crippen molar-refractivity contribution in [2.75, 3.05) is 39.8 Å². The minimum Gasteiger partial charge on any atom is -0.482 e. The molecule has 25 heavy (non-hydrogen) atoms. The Hall–Kier alpha value is -2.15. The van der Waals surface area contributed by atoms with Crippen LogP contribution in [0.15, 0.2) is 12.1 Å². The van der Waals surface area contributed by atoms with Crippen molar-refractivity contribution in [3.63, 3.8) is 0 Å². The summed E-state index contributed by atoms with van der Waals surface area (Å²) in [6.07, 6.45) is 0.728. The molecule has 7 heteroatoms. The molecule has 1 amide bonds. The summed E-state index contributed by atoms with van der Waals surface area (Å²) in [6.45, 7) is 5.75. The number of amides is 1. The SMILES string of the molecule is CCc1nc(C)ccc1OCC(=O)N1C[C@H]2CN(C)C[C@@]2(C(=O)O)C1. The Morgan fingerprint density at radius 1 is 1.36 bits per heavy atom. The number of carboxylic acid groups (broad SMARTS) is 1. The van der Waals surface area contributed by atoms with Gasteiger partial charge >= 0.3 is 5.97 Å². The topological polar surface area (TPSA) is 83.0 Å². The summed E-state index contributed by atoms with van der Waals surface area (Å²) in [5.41, 5.74) is 0.898. The Bertz CT molecular complexity index is 693. The van der Waals surface area contributed by atoms with E-state index in [0.717, 1.165) is 17.8 Å². The standard InChI is InChI=1S/C18H25N3O4/c1-4-14-15(6-5-12(2)19-14)25-9-16(22)21-8-13-7-20(3)10-18(13,11-21)17(23)24/h5-6,13H,4,7-11H2,1-3H3,(H,23,24)/t13-,18-/m1/s1. The average Bonchev–Trinajstić information content (AvgIpc) is 3.07. The summed E-state index contributed by atoms with van der Waals surface area (Å²) < 4.78 is 5.68. The Morgan fingerprint density at radius 3 is 2.76 bits per heavy atom. The van der Waals surface area contributed by atoms with Gasteiger partial charge in [-0.2, -0.15) is 0 Å². The van der Waals surface area contributed by atoms with Crippen LogP contribution in [-0.4, -0.2) is 71.6 Å². The van der Waals surface area contributed by atoms with Crippen LogP contribution in [0, 0.1) is 18.3 Å². The maximum Gasteiger partial charge on any atom is 0.313 e. The van der Waals surface area contributed by atoms with Crippen LogP contribution in [0.2, 0.25) is 0 Å². The number of aliphatic carboxylic acids is 1. The van der Waals surface area contributed by atoms with E-state index in [0.29, 0.717) is 25.4 Å². The zero-order chi connectivity index (χ0) is 18.2. The fourth-order valence-corrected chi connectivity index (χ4v) is 4.02. The van der Waals surface area contributed by atoms with Crippen molar-refractivity contribution < 1.29 is 19.4 Å². The Labute approximate surface area is 147 Å². The minimum absolute atomic E-state index is 0.0220. The first-order chi connectivity index (χ1) is 11.9. The van der Waals surface area contributed by atoms with Crippen LogP contribution >= 0.6 is 0 Å². The molecule has 2 fully saturated rings. The molecule has 3 rings (SSSR count). The van der Waals surface area contributed by atoms with Crippen LogP contribution in [0.1, 0.15) is 18.3 Å². The molecular formula is C18H25N3O4. The van der Waals surface area contributed by atoms with Gasteiger partial charge in [-0.05, 0) is 32.5 Å². The average molecular weight is 347 g/mol. The number of aromatic nitrogens is 1. The molecule has 0 aliphatic carbocycles. The summed E-state index contributed by atoms with van der Waals surface area (Å²) in [7, 11) is 1.93. The number of fused-ring (bicyclic) bond motifs is 1. The first-order valence-electron chi connectivity index (χ1n) is 8.64. The van der Waals surface area contributed by atoms with Crippen molar-refractivity contribution in [1.29, 1.82) is 0 Å². The van der Waals surface area contributed by atoms with Crippen LogP contribution in [0.25, 0.3) is 0 Å². The smallest absolute Gasteiger partial charge is 0.313 e. The van der Waals surface area contributed by atoms with Crippen LogP contribution in [0.3, 0.4) is 0 Å². The maximum absolute atomic E-state index is 12.5. The molecule has 1 aromatic heterocycles. The van der Waals surface area contributed by atoms with E-state index in [1.165, 1.54) is 0 Å². The van der Waals surface area contributed by atoms with E-state index in [2.05, 4.69) is 4.98 Å². The van der Waals surface area contributed by atoms with E-state index in [1.54, 1.807) is 4.90 Å². The number of carbonyl (C=O) groups is 2. The monoisotopic (exact) mass is 347 g/mol. The van der Waals surface area contributed by atoms with Gasteiger partial charge in [0, 0.05) is 37.8 Å². The molecule has 0 bridgehead atoms. The molecule has 2 saturated heterocycles. The lowest BCUT2D eigenvalue weighted by atomic mass is 9.81. The second-order valence-electron chi connectivity index (χ2n) is 7.17. The van der Waals surface area contributed by atoms with Gasteiger partial charge in [0.2, 0.25) is 0 Å². The third-order valence-corrected chi connectivity index (χ3v) is 5.32. The number of carboxylic acids is 1. The van der Waals surface area contributed by atoms with E-state index in [1.807, 2.05) is 37.9 Å². The molecule has 2 aliphatic heterocycles. The van der Waals surface area contributed by atoms with Crippen LogP contribution in [-0.2, 0) is 16.0 Å². The highest BCUT2D eigenvalue weighted by molar-refractivity contribution is 5.82. The van der Waals surface area contributed by atoms with Crippen LogP contribution in [0.5, 0.6) is 5.75 Å². The second kappa shape index (κ2) is 6.63. The molecule has 2 atom stereocenters. The highest BCUT2D eigenvalue weighted by atomic mass is 16.5. The first kappa shape index (κ1) is 17.7. The minimum atomic E-state index is -0.843. The second-order valence-corrected chi connectivity index (χ2v) is 7.17. The lowest BCUT2D eigenvalue weighted by Gasteiger charge is -2.24. The van der Waals surface area contributed by atoms with Crippen molar-refractivity contribution in [2.45, 2.75) is 20.3 Å². The third-order valence-electron chi connectivity index (χ3n) is 5.32. The number of hydrogen-bond acceptors (Lipinski definition) is 5. The van der Waals surface area contributed by atoms with Gasteiger partial charge in [-0.25, -0.2) is 0 Å². The molecule has 136 valence electrons. The summed E-state index contributed by atoms with van der Waals surface area (Å²) in [4.78, 5) is 32.4. The predicted octanol–water partition coefficient (Wildman–Crippen LogP) is 0.806. The molecule has 0 aromatic carbocycles.